The minimum absolute atomic E-state index is 0.662. The van der Waals surface area contributed by atoms with Gasteiger partial charge in [0.15, 0.2) is 5.58 Å². The maximum Gasteiger partial charge on any atom is 0.167 e. The van der Waals surface area contributed by atoms with Gasteiger partial charge in [-0.05, 0) is 37.6 Å². The summed E-state index contributed by atoms with van der Waals surface area (Å²) in [6, 6.07) is 5.50. The second-order valence-electron chi connectivity index (χ2n) is 3.16. The zero-order valence-electron chi connectivity index (χ0n) is 7.66. The van der Waals surface area contributed by atoms with Gasteiger partial charge in [-0.3, -0.25) is 0 Å². The molecule has 1 aromatic heterocycles. The molecule has 4 heteroatoms. The largest absolute Gasteiger partial charge is 0.356 e. The summed E-state index contributed by atoms with van der Waals surface area (Å²) in [5.74, 6) is 0. The van der Waals surface area contributed by atoms with Gasteiger partial charge in [-0.25, -0.2) is 0 Å². The molecule has 2 N–H and O–H groups in total. The first-order chi connectivity index (χ1) is 6.81. The quantitative estimate of drug-likeness (QED) is 0.846. The zero-order chi connectivity index (χ0) is 9.97. The summed E-state index contributed by atoms with van der Waals surface area (Å²) in [4.78, 5) is 0. The number of benzene rings is 1. The van der Waals surface area contributed by atoms with Gasteiger partial charge in [-0.2, -0.15) is 0 Å². The van der Waals surface area contributed by atoms with E-state index in [9.17, 15) is 0 Å². The summed E-state index contributed by atoms with van der Waals surface area (Å²) in [6.45, 7) is 0.662. The number of aromatic nitrogens is 1. The summed E-state index contributed by atoms with van der Waals surface area (Å²) >= 11 is 5.89. The highest BCUT2D eigenvalue weighted by molar-refractivity contribution is 6.31. The molecule has 0 unspecified atom stereocenters. The molecule has 0 atom stereocenters. The predicted octanol–water partition coefficient (Wildman–Crippen LogP) is 2.37. The van der Waals surface area contributed by atoms with Crippen LogP contribution in [0.4, 0.5) is 0 Å². The van der Waals surface area contributed by atoms with Crippen LogP contribution in [0.3, 0.4) is 0 Å². The van der Waals surface area contributed by atoms with E-state index in [0.717, 1.165) is 29.5 Å². The van der Waals surface area contributed by atoms with Crippen LogP contribution in [0.2, 0.25) is 5.02 Å². The third-order valence-electron chi connectivity index (χ3n) is 2.12. The van der Waals surface area contributed by atoms with Crippen molar-refractivity contribution in [2.75, 3.05) is 6.54 Å². The Morgan fingerprint density at radius 1 is 1.43 bits per heavy atom. The van der Waals surface area contributed by atoms with Gasteiger partial charge in [0.05, 0.1) is 5.69 Å². The topological polar surface area (TPSA) is 52.0 Å². The average molecular weight is 211 g/mol. The van der Waals surface area contributed by atoms with Gasteiger partial charge >= 0.3 is 0 Å². The zero-order valence-corrected chi connectivity index (χ0v) is 8.42. The van der Waals surface area contributed by atoms with Crippen molar-refractivity contribution >= 4 is 22.6 Å². The lowest BCUT2D eigenvalue weighted by molar-refractivity contribution is 0.445. The third-order valence-corrected chi connectivity index (χ3v) is 2.36. The molecule has 0 saturated heterocycles. The molecule has 0 fully saturated rings. The van der Waals surface area contributed by atoms with Crippen LogP contribution in [0.15, 0.2) is 22.7 Å². The van der Waals surface area contributed by atoms with Gasteiger partial charge in [-0.1, -0.05) is 16.8 Å². The number of halogens is 1. The van der Waals surface area contributed by atoms with Gasteiger partial charge in [-0.15, -0.1) is 0 Å². The fraction of sp³-hybridized carbons (Fsp3) is 0.300. The lowest BCUT2D eigenvalue weighted by Gasteiger charge is -1.94. The van der Waals surface area contributed by atoms with Crippen LogP contribution in [0.5, 0.6) is 0 Å². The SMILES string of the molecule is NCCCc1noc2ccc(Cl)cc12. The summed E-state index contributed by atoms with van der Waals surface area (Å²) in [5.41, 5.74) is 7.15. The fourth-order valence-electron chi connectivity index (χ4n) is 1.41. The molecular formula is C10H11ClN2O. The molecule has 0 amide bonds. The van der Waals surface area contributed by atoms with Crippen LogP contribution in [0.1, 0.15) is 12.1 Å². The van der Waals surface area contributed by atoms with Crippen molar-refractivity contribution in [3.05, 3.63) is 28.9 Å². The van der Waals surface area contributed by atoms with Crippen molar-refractivity contribution in [1.82, 2.24) is 5.16 Å². The van der Waals surface area contributed by atoms with Gasteiger partial charge in [0, 0.05) is 10.4 Å². The minimum atomic E-state index is 0.662. The molecule has 1 heterocycles. The van der Waals surface area contributed by atoms with E-state index in [4.69, 9.17) is 21.9 Å². The smallest absolute Gasteiger partial charge is 0.167 e. The van der Waals surface area contributed by atoms with Gasteiger partial charge in [0.1, 0.15) is 0 Å². The van der Waals surface area contributed by atoms with E-state index in [1.54, 1.807) is 6.07 Å². The maximum atomic E-state index is 5.89. The Kier molecular flexibility index (Phi) is 2.70. The molecule has 0 aliphatic heterocycles. The standard InChI is InChI=1S/C10H11ClN2O/c11-7-3-4-10-8(6-7)9(13-14-10)2-1-5-12/h3-4,6H,1-2,5,12H2. The Labute approximate surface area is 86.8 Å². The molecule has 74 valence electrons. The van der Waals surface area contributed by atoms with E-state index in [-0.39, 0.29) is 0 Å². The van der Waals surface area contributed by atoms with E-state index in [2.05, 4.69) is 5.16 Å². The van der Waals surface area contributed by atoms with Crippen molar-refractivity contribution in [3.63, 3.8) is 0 Å². The number of aryl methyl sites for hydroxylation is 1. The molecule has 3 nitrogen and oxygen atoms in total. The molecule has 1 aromatic carbocycles. The van der Waals surface area contributed by atoms with Gasteiger partial charge in [0.25, 0.3) is 0 Å². The molecule has 0 aliphatic carbocycles. The number of rotatable bonds is 3. The van der Waals surface area contributed by atoms with Gasteiger partial charge in [0.2, 0.25) is 0 Å². The predicted molar refractivity (Wildman–Crippen MR) is 56.4 cm³/mol. The second-order valence-corrected chi connectivity index (χ2v) is 3.60. The van der Waals surface area contributed by atoms with Crippen LogP contribution in [0, 0.1) is 0 Å². The Morgan fingerprint density at radius 3 is 3.07 bits per heavy atom. The van der Waals surface area contributed by atoms with E-state index in [0.29, 0.717) is 11.6 Å². The van der Waals surface area contributed by atoms with E-state index in [1.807, 2.05) is 12.1 Å². The Morgan fingerprint density at radius 2 is 2.29 bits per heavy atom. The number of hydrogen-bond acceptors (Lipinski definition) is 3. The second kappa shape index (κ2) is 3.98. The molecule has 2 rings (SSSR count). The number of hydrogen-bond donors (Lipinski definition) is 1. The lowest BCUT2D eigenvalue weighted by Crippen LogP contribution is -2.00. The fourth-order valence-corrected chi connectivity index (χ4v) is 1.58. The minimum Gasteiger partial charge on any atom is -0.356 e. The van der Waals surface area contributed by atoms with Crippen molar-refractivity contribution in [3.8, 4) is 0 Å². The van der Waals surface area contributed by atoms with Crippen LogP contribution in [-0.4, -0.2) is 11.7 Å². The number of nitrogens with two attached hydrogens (primary N) is 1. The molecule has 0 aliphatic rings. The first kappa shape index (κ1) is 9.49. The molecule has 0 bridgehead atoms. The Bertz CT molecular complexity index is 439. The van der Waals surface area contributed by atoms with Crippen LogP contribution < -0.4 is 5.73 Å². The molecular weight excluding hydrogens is 200 g/mol. The van der Waals surface area contributed by atoms with E-state index < -0.39 is 0 Å². The summed E-state index contributed by atoms with van der Waals surface area (Å²) in [5, 5.41) is 5.68. The molecule has 14 heavy (non-hydrogen) atoms. The highest BCUT2D eigenvalue weighted by atomic mass is 35.5. The van der Waals surface area contributed by atoms with Crippen molar-refractivity contribution < 1.29 is 4.52 Å². The number of fused-ring (bicyclic) bond motifs is 1. The highest BCUT2D eigenvalue weighted by Gasteiger charge is 2.07. The van der Waals surface area contributed by atoms with Crippen molar-refractivity contribution in [2.24, 2.45) is 5.73 Å². The van der Waals surface area contributed by atoms with E-state index in [1.165, 1.54) is 0 Å². The lowest BCUT2D eigenvalue weighted by atomic mass is 10.1. The highest BCUT2D eigenvalue weighted by Crippen LogP contribution is 2.23. The van der Waals surface area contributed by atoms with Crippen LogP contribution in [0.25, 0.3) is 11.0 Å². The van der Waals surface area contributed by atoms with Crippen LogP contribution >= 0.6 is 11.6 Å². The van der Waals surface area contributed by atoms with Gasteiger partial charge < -0.3 is 10.3 Å². The first-order valence-electron chi connectivity index (χ1n) is 4.55. The molecule has 0 radical (unpaired) electrons. The summed E-state index contributed by atoms with van der Waals surface area (Å²) in [7, 11) is 0. The van der Waals surface area contributed by atoms with Crippen molar-refractivity contribution in [2.45, 2.75) is 12.8 Å². The normalized spacial score (nSPS) is 11.0. The first-order valence-corrected chi connectivity index (χ1v) is 4.93. The van der Waals surface area contributed by atoms with Crippen molar-refractivity contribution in [1.29, 1.82) is 0 Å². The summed E-state index contributed by atoms with van der Waals surface area (Å²) in [6.07, 6.45) is 1.75. The monoisotopic (exact) mass is 210 g/mol. The Balaban J connectivity index is 2.40. The Hall–Kier alpha value is -1.06. The summed E-state index contributed by atoms with van der Waals surface area (Å²) < 4.78 is 5.15. The maximum absolute atomic E-state index is 5.89. The molecule has 2 aromatic rings. The third kappa shape index (κ3) is 1.74. The molecule has 0 spiro atoms. The average Bonchev–Trinajstić information content (AvgIpc) is 2.57. The molecule has 0 saturated carbocycles. The van der Waals surface area contributed by atoms with E-state index >= 15 is 0 Å². The number of nitrogens with zero attached hydrogens (tertiary/aromatic N) is 1. The van der Waals surface area contributed by atoms with Crippen LogP contribution in [-0.2, 0) is 6.42 Å².